The van der Waals surface area contributed by atoms with E-state index in [1.807, 2.05) is 52.9 Å². The van der Waals surface area contributed by atoms with Gasteiger partial charge in [-0.3, -0.25) is 62.6 Å². The predicted molar refractivity (Wildman–Crippen MR) is 417 cm³/mol. The molecule has 3 aromatic heterocycles. The molecule has 4 aliphatic carbocycles. The highest BCUT2D eigenvalue weighted by Gasteiger charge is 2.66. The first kappa shape index (κ1) is 83.2. The van der Waals surface area contributed by atoms with Crippen molar-refractivity contribution in [2.45, 2.75) is 155 Å². The van der Waals surface area contributed by atoms with Crippen LogP contribution in [0.1, 0.15) is 148 Å². The molecule has 32 nitrogen and oxygen atoms in total. The molecule has 4 fully saturated rings. The minimum Gasteiger partial charge on any atom is -0.476 e. The number of rotatable bonds is 38. The molecule has 112 heavy (non-hydrogen) atoms. The summed E-state index contributed by atoms with van der Waals surface area (Å²) >= 11 is 1.39. The normalized spacial score (nSPS) is 20.4. The summed E-state index contributed by atoms with van der Waals surface area (Å²) in [4.78, 5) is 134. The third kappa shape index (κ3) is 20.7. The lowest BCUT2D eigenvalue weighted by Gasteiger charge is -2.69. The van der Waals surface area contributed by atoms with E-state index in [2.05, 4.69) is 34.8 Å². The van der Waals surface area contributed by atoms with Crippen molar-refractivity contribution in [2.75, 3.05) is 85.6 Å². The number of nitrogens with one attached hydrogen (secondary N) is 3. The van der Waals surface area contributed by atoms with Crippen molar-refractivity contribution in [3.8, 4) is 11.1 Å². The molecule has 2 aliphatic heterocycles. The van der Waals surface area contributed by atoms with Crippen molar-refractivity contribution in [3.05, 3.63) is 131 Å². The molecule has 10 N–H and O–H groups in total. The predicted octanol–water partition coefficient (Wildman–Crippen LogP) is 7.49. The Hall–Kier alpha value is -9.78. The summed E-state index contributed by atoms with van der Waals surface area (Å²) < 4.78 is 84.6. The number of thiazole rings is 1. The van der Waals surface area contributed by atoms with Crippen LogP contribution in [0, 0.1) is 29.1 Å². The topological polar surface area (TPSA) is 449 Å². The molecule has 4 atom stereocenters. The van der Waals surface area contributed by atoms with Crippen LogP contribution in [0.3, 0.4) is 0 Å². The number of primary amides is 2. The van der Waals surface area contributed by atoms with Gasteiger partial charge in [0.1, 0.15) is 24.5 Å². The number of anilines is 3. The van der Waals surface area contributed by atoms with Crippen molar-refractivity contribution in [1.82, 2.24) is 45.1 Å². The minimum atomic E-state index is -4.65. The van der Waals surface area contributed by atoms with Crippen molar-refractivity contribution >= 4 is 112 Å². The Morgan fingerprint density at radius 1 is 0.768 bits per heavy atom. The molecule has 0 spiro atoms. The zero-order valence-corrected chi connectivity index (χ0v) is 65.9. The first-order valence-corrected chi connectivity index (χ1v) is 41.6. The monoisotopic (exact) mass is 1600 g/mol. The maximum atomic E-state index is 14.8. The van der Waals surface area contributed by atoms with Gasteiger partial charge in [-0.1, -0.05) is 81.9 Å². The number of nitrogens with zero attached hydrogens (tertiary/aromatic N) is 9. The van der Waals surface area contributed by atoms with Gasteiger partial charge >= 0.3 is 18.1 Å². The number of carboxylic acids is 1. The van der Waals surface area contributed by atoms with Crippen LogP contribution in [0.4, 0.5) is 26.2 Å². The maximum Gasteiger partial charge on any atom is 0.410 e. The Balaban J connectivity index is 0.736. The fourth-order valence-electron chi connectivity index (χ4n) is 17.8. The largest absolute Gasteiger partial charge is 0.476 e. The number of hydrogen-bond donors (Lipinski definition) is 8. The molecule has 602 valence electrons. The van der Waals surface area contributed by atoms with Crippen LogP contribution >= 0.6 is 11.3 Å². The number of urea groups is 1. The number of carboxylic acid groups (broad SMARTS) is 1. The number of nitrogens with two attached hydrogens (primary N) is 2. The number of aromatic carboxylic acids is 1. The van der Waals surface area contributed by atoms with Gasteiger partial charge < -0.3 is 46.5 Å². The molecule has 4 saturated carbocycles. The summed E-state index contributed by atoms with van der Waals surface area (Å²) in [6.07, 6.45) is 9.87. The van der Waals surface area contributed by atoms with E-state index in [0.29, 0.717) is 84.9 Å². The van der Waals surface area contributed by atoms with E-state index >= 15 is 0 Å². The van der Waals surface area contributed by atoms with E-state index in [1.54, 1.807) is 43.1 Å². The third-order valence-electron chi connectivity index (χ3n) is 21.9. The second-order valence-electron chi connectivity index (χ2n) is 31.4. The number of para-hydroxylation sites is 1. The van der Waals surface area contributed by atoms with Gasteiger partial charge in [0.05, 0.1) is 40.1 Å². The molecule has 0 radical (unpaired) electrons. The number of ether oxygens (including phenoxy) is 2. The van der Waals surface area contributed by atoms with Gasteiger partial charge in [-0.05, 0) is 159 Å². The summed E-state index contributed by atoms with van der Waals surface area (Å²) in [5, 5.41) is 24.4. The Labute approximate surface area is 653 Å². The summed E-state index contributed by atoms with van der Waals surface area (Å²) in [5.41, 5.74) is 15.2. The molecule has 6 aliphatic rings. The molecule has 3 aromatic carbocycles. The smallest absolute Gasteiger partial charge is 0.410 e. The number of aromatic nitrogens is 4. The number of unbranched alkanes of at least 4 members (excludes halogenated alkanes) is 2. The van der Waals surface area contributed by atoms with E-state index in [9.17, 15) is 74.2 Å². The number of amides is 9. The summed E-state index contributed by atoms with van der Waals surface area (Å²) in [6, 6.07) is 19.5. The Morgan fingerprint density at radius 3 is 2.14 bits per heavy atom. The summed E-state index contributed by atoms with van der Waals surface area (Å²) in [7, 11) is -9.17. The van der Waals surface area contributed by atoms with Crippen LogP contribution in [-0.2, 0) is 79.8 Å². The summed E-state index contributed by atoms with van der Waals surface area (Å²) in [5.74, 6) is -6.07. The second-order valence-corrected chi connectivity index (χ2v) is 35.6. The highest BCUT2D eigenvalue weighted by molar-refractivity contribution is 7.86. The summed E-state index contributed by atoms with van der Waals surface area (Å²) in [6.45, 7) is 10.1. The lowest BCUT2D eigenvalue weighted by Crippen LogP contribution is -2.64. The average Bonchev–Trinajstić information content (AvgIpc) is 0.701. The van der Waals surface area contributed by atoms with Gasteiger partial charge in [0, 0.05) is 112 Å². The Morgan fingerprint density at radius 2 is 1.47 bits per heavy atom. The van der Waals surface area contributed by atoms with E-state index in [1.165, 1.54) is 47.8 Å². The molecule has 12 rings (SSSR count). The van der Waals surface area contributed by atoms with Gasteiger partial charge in [-0.2, -0.15) is 21.9 Å². The van der Waals surface area contributed by atoms with E-state index < -0.39 is 116 Å². The first-order valence-electron chi connectivity index (χ1n) is 37.5. The molecular formula is C77H98N14O18S3. The molecular weight excluding hydrogens is 1510 g/mol. The number of imide groups is 1. The van der Waals surface area contributed by atoms with E-state index in [0.717, 1.165) is 73.8 Å². The number of benzene rings is 3. The highest BCUT2D eigenvalue weighted by Crippen LogP contribution is 2.72. The van der Waals surface area contributed by atoms with Crippen molar-refractivity contribution in [3.63, 3.8) is 0 Å². The first-order chi connectivity index (χ1) is 53.0. The van der Waals surface area contributed by atoms with Crippen LogP contribution in [0.5, 0.6) is 0 Å². The number of carbonyl (C=O) groups excluding carboxylic acids is 8. The minimum absolute atomic E-state index is 0.00382. The Kier molecular flexibility index (Phi) is 25.7. The number of carbonyl (C=O) groups is 9. The van der Waals surface area contributed by atoms with E-state index in [4.69, 9.17) is 31.0 Å². The quantitative estimate of drug-likeness (QED) is 0.0106. The zero-order valence-electron chi connectivity index (χ0n) is 63.4. The molecule has 0 saturated heterocycles. The van der Waals surface area contributed by atoms with Crippen molar-refractivity contribution < 1.29 is 83.7 Å². The lowest BCUT2D eigenvalue weighted by molar-refractivity contribution is -0.248. The SMILES string of the molecule is Cc1c(-c2ccc(N3CCc4cccc(C(=O)Nc5nc6ccccc6s5)c4C3)nc2C(=O)O)cnn1CC12CC3(C)CC(C)(C1)CC(OCCN(CCN(CCS(=O)(=O)O)C(=O)OCc1ccc(N(C(=O)[C@@H](NC(=O)CCCCCN4C(=O)C=CC4=O)C(C)C)[C@@H](CCCNC(N)=O)C(N)=O)cc1)CCS(=O)(=O)O)(C3)C2. The fourth-order valence-corrected chi connectivity index (χ4v) is 19.6. The van der Waals surface area contributed by atoms with Crippen LogP contribution in [0.2, 0.25) is 0 Å². The van der Waals surface area contributed by atoms with Gasteiger partial charge in [0.25, 0.3) is 43.9 Å². The van der Waals surface area contributed by atoms with Gasteiger partial charge in [-0.15, -0.1) is 0 Å². The molecule has 5 heterocycles. The van der Waals surface area contributed by atoms with E-state index in [-0.39, 0.29) is 98.7 Å². The van der Waals surface area contributed by atoms with Crippen LogP contribution in [-0.4, -0.2) is 207 Å². The number of fused-ring (bicyclic) bond motifs is 2. The standard InChI is InChI=1S/C77H98N14O18S3/c1-49(2)65(84-62(92)18-7-6-10-29-89-63(93)25-26-64(89)94)69(97)91(59(67(78)95)16-12-28-80-71(79)100)53-21-19-51(20-22-53)41-108-73(101)87(35-38-112(105,106)107)32-31-86(34-37-111(102,103)104)33-36-109-77-45-74(4)42-75(5,46-77)44-76(43-74,47-77)48-90-50(3)56(39-81-90)54-23-24-61(83-66(54)70(98)99)88-30-27-52-13-11-14-55(57(52)40-88)68(96)85-72-82-58-15-8-9-17-60(58)110-72/h8-9,11,13-15,17,19-26,39,49,59,65H,6-7,10,12,16,18,27-38,40-48H2,1-5H3,(H2,78,95)(H,84,92)(H,98,99)(H3,79,80,100)(H,82,85,96)(H,102,103,104)(H,105,106,107)/t59-,65-,74?,75?,76?,77?/m0/s1. The highest BCUT2D eigenvalue weighted by atomic mass is 32.2. The van der Waals surface area contributed by atoms with Gasteiger partial charge in [-0.25, -0.2) is 24.4 Å². The van der Waals surface area contributed by atoms with Gasteiger partial charge in [0.2, 0.25) is 11.8 Å². The van der Waals surface area contributed by atoms with Gasteiger partial charge in [0.15, 0.2) is 10.8 Å². The van der Waals surface area contributed by atoms with Crippen LogP contribution in [0.15, 0.2) is 97.2 Å². The molecule has 6 aromatic rings. The third-order valence-corrected chi connectivity index (χ3v) is 24.2. The average molecular weight is 1600 g/mol. The maximum absolute atomic E-state index is 14.8. The second kappa shape index (κ2) is 34.7. The van der Waals surface area contributed by atoms with Crippen LogP contribution < -0.4 is 37.2 Å². The lowest BCUT2D eigenvalue weighted by atomic mass is 9.39. The Bertz CT molecular complexity index is 4770. The molecule has 35 heteroatoms. The van der Waals surface area contributed by atoms with Crippen molar-refractivity contribution in [2.24, 2.45) is 33.6 Å². The fraction of sp³-hybridized carbons (Fsp3) is 0.506. The zero-order chi connectivity index (χ0) is 80.7. The number of pyridine rings is 1. The molecule has 4 bridgehead atoms. The van der Waals surface area contributed by atoms with Crippen molar-refractivity contribution in [1.29, 1.82) is 0 Å². The molecule has 2 unspecified atom stereocenters. The number of hydrogen-bond acceptors (Lipinski definition) is 21. The molecule has 9 amide bonds. The van der Waals surface area contributed by atoms with Crippen LogP contribution in [0.25, 0.3) is 21.3 Å².